The number of para-hydroxylation sites is 1. The molecule has 0 radical (unpaired) electrons. The van der Waals surface area contributed by atoms with Gasteiger partial charge in [0.2, 0.25) is 0 Å². The third-order valence-corrected chi connectivity index (χ3v) is 6.36. The van der Waals surface area contributed by atoms with Crippen LogP contribution in [0.15, 0.2) is 51.4 Å². The highest BCUT2D eigenvalue weighted by molar-refractivity contribution is 9.10. The quantitative estimate of drug-likeness (QED) is 0.443. The van der Waals surface area contributed by atoms with Crippen molar-refractivity contribution in [3.8, 4) is 5.69 Å². The van der Waals surface area contributed by atoms with Crippen molar-refractivity contribution >= 4 is 38.7 Å². The third kappa shape index (κ3) is 2.87. The summed E-state index contributed by atoms with van der Waals surface area (Å²) in [4.78, 5) is 13.9. The van der Waals surface area contributed by atoms with Gasteiger partial charge in [-0.2, -0.15) is 5.10 Å². The van der Waals surface area contributed by atoms with Crippen LogP contribution in [-0.2, 0) is 19.9 Å². The number of fused-ring (bicyclic) bond motifs is 2. The Labute approximate surface area is 169 Å². The Kier molecular flexibility index (Phi) is 4.24. The van der Waals surface area contributed by atoms with Crippen molar-refractivity contribution in [3.05, 3.63) is 52.7 Å². The first kappa shape index (κ1) is 16.9. The number of nitrogens with zero attached hydrogens (tertiary/aromatic N) is 6. The molecule has 27 heavy (non-hydrogen) atoms. The summed E-state index contributed by atoms with van der Waals surface area (Å²) < 4.78 is 4.81. The molecule has 1 aromatic carbocycles. The molecule has 0 N–H and O–H groups in total. The Bertz CT molecular complexity index is 1130. The minimum atomic E-state index is 0.755. The van der Waals surface area contributed by atoms with Gasteiger partial charge in [-0.3, -0.25) is 4.57 Å². The summed E-state index contributed by atoms with van der Waals surface area (Å²) in [7, 11) is 1.89. The molecule has 0 spiro atoms. The highest BCUT2D eigenvalue weighted by Crippen LogP contribution is 2.37. The smallest absolute Gasteiger partial charge is 0.179 e. The normalized spacial score (nSPS) is 13.9. The van der Waals surface area contributed by atoms with Gasteiger partial charge in [0, 0.05) is 18.4 Å². The number of aryl methyl sites for hydroxylation is 2. The number of hydrogen-bond acceptors (Lipinski definition) is 5. The van der Waals surface area contributed by atoms with Gasteiger partial charge < -0.3 is 0 Å². The fourth-order valence-corrected chi connectivity index (χ4v) is 5.37. The van der Waals surface area contributed by atoms with Gasteiger partial charge in [0.1, 0.15) is 16.0 Å². The Hall–Kier alpha value is -2.19. The standard InChI is InChI=1S/C19H17BrN6S/c1-25-17-15(16(20)24-25)18(22-11-21-17)27-19-23-13-9-5-6-10-14(13)26(19)12-7-3-2-4-8-12/h2-4,7-8,11H,5-6,9-10H2,1H3. The number of aromatic nitrogens is 6. The minimum absolute atomic E-state index is 0.755. The zero-order chi connectivity index (χ0) is 18.4. The van der Waals surface area contributed by atoms with E-state index in [1.165, 1.54) is 24.2 Å². The van der Waals surface area contributed by atoms with Gasteiger partial charge in [-0.25, -0.2) is 19.6 Å². The average molecular weight is 441 g/mol. The van der Waals surface area contributed by atoms with Gasteiger partial charge in [-0.15, -0.1) is 0 Å². The monoisotopic (exact) mass is 440 g/mol. The Morgan fingerprint density at radius 1 is 1.07 bits per heavy atom. The molecular weight excluding hydrogens is 424 g/mol. The van der Waals surface area contributed by atoms with Crippen LogP contribution in [0.3, 0.4) is 0 Å². The van der Waals surface area contributed by atoms with Crippen molar-refractivity contribution in [2.75, 3.05) is 0 Å². The summed E-state index contributed by atoms with van der Waals surface area (Å²) in [5.41, 5.74) is 4.49. The first-order valence-electron chi connectivity index (χ1n) is 8.89. The molecule has 0 fully saturated rings. The lowest BCUT2D eigenvalue weighted by Gasteiger charge is -2.15. The lowest BCUT2D eigenvalue weighted by atomic mass is 10.0. The van der Waals surface area contributed by atoms with E-state index in [1.54, 1.807) is 22.8 Å². The molecule has 4 aromatic rings. The van der Waals surface area contributed by atoms with Crippen LogP contribution in [0, 0.1) is 0 Å². The lowest BCUT2D eigenvalue weighted by molar-refractivity contribution is 0.654. The Balaban J connectivity index is 1.68. The first-order chi connectivity index (χ1) is 13.2. The molecule has 1 aliphatic rings. The SMILES string of the molecule is Cn1nc(Br)c2c(Sc3nc4c(n3-c3ccccc3)CCCC4)ncnc21. The number of benzene rings is 1. The summed E-state index contributed by atoms with van der Waals surface area (Å²) >= 11 is 5.13. The second-order valence-corrected chi connectivity index (χ2v) is 8.27. The third-order valence-electron chi connectivity index (χ3n) is 4.85. The number of hydrogen-bond donors (Lipinski definition) is 0. The molecule has 0 aliphatic heterocycles. The maximum Gasteiger partial charge on any atom is 0.179 e. The van der Waals surface area contributed by atoms with Gasteiger partial charge in [-0.1, -0.05) is 18.2 Å². The zero-order valence-electron chi connectivity index (χ0n) is 14.8. The minimum Gasteiger partial charge on any atom is -0.291 e. The van der Waals surface area contributed by atoms with Crippen molar-refractivity contribution in [1.82, 2.24) is 29.3 Å². The van der Waals surface area contributed by atoms with Crippen LogP contribution in [0.1, 0.15) is 24.2 Å². The van der Waals surface area contributed by atoms with E-state index >= 15 is 0 Å². The molecule has 1 aliphatic carbocycles. The fourth-order valence-electron chi connectivity index (χ4n) is 3.61. The van der Waals surface area contributed by atoms with Crippen LogP contribution >= 0.6 is 27.7 Å². The molecule has 0 atom stereocenters. The second kappa shape index (κ2) is 6.76. The van der Waals surface area contributed by atoms with Gasteiger partial charge in [0.05, 0.1) is 11.1 Å². The maximum absolute atomic E-state index is 4.99. The fraction of sp³-hybridized carbons (Fsp3) is 0.263. The van der Waals surface area contributed by atoms with E-state index in [0.717, 1.165) is 44.3 Å². The molecule has 8 heteroatoms. The highest BCUT2D eigenvalue weighted by Gasteiger charge is 2.23. The van der Waals surface area contributed by atoms with Gasteiger partial charge >= 0.3 is 0 Å². The molecule has 0 saturated heterocycles. The van der Waals surface area contributed by atoms with E-state index in [1.807, 2.05) is 13.1 Å². The highest BCUT2D eigenvalue weighted by atomic mass is 79.9. The van der Waals surface area contributed by atoms with E-state index in [0.29, 0.717) is 0 Å². The predicted octanol–water partition coefficient (Wildman–Crippen LogP) is 4.34. The summed E-state index contributed by atoms with van der Waals surface area (Å²) in [6.45, 7) is 0. The lowest BCUT2D eigenvalue weighted by Crippen LogP contribution is -2.07. The van der Waals surface area contributed by atoms with E-state index in [-0.39, 0.29) is 0 Å². The summed E-state index contributed by atoms with van der Waals surface area (Å²) in [5.74, 6) is 0. The maximum atomic E-state index is 4.99. The summed E-state index contributed by atoms with van der Waals surface area (Å²) in [6, 6.07) is 10.5. The average Bonchev–Trinajstić information content (AvgIpc) is 3.20. The number of imidazole rings is 1. The molecule has 6 nitrogen and oxygen atoms in total. The molecule has 3 aromatic heterocycles. The Morgan fingerprint density at radius 2 is 1.89 bits per heavy atom. The van der Waals surface area contributed by atoms with Crippen LogP contribution in [0.2, 0.25) is 0 Å². The van der Waals surface area contributed by atoms with E-state index in [2.05, 4.69) is 59.8 Å². The molecule has 0 unspecified atom stereocenters. The van der Waals surface area contributed by atoms with Gasteiger partial charge in [0.25, 0.3) is 0 Å². The van der Waals surface area contributed by atoms with Crippen LogP contribution in [-0.4, -0.2) is 29.3 Å². The summed E-state index contributed by atoms with van der Waals surface area (Å²) in [6.07, 6.45) is 6.11. The molecule has 5 rings (SSSR count). The molecule has 0 bridgehead atoms. The van der Waals surface area contributed by atoms with Crippen molar-refractivity contribution in [1.29, 1.82) is 0 Å². The predicted molar refractivity (Wildman–Crippen MR) is 108 cm³/mol. The van der Waals surface area contributed by atoms with Crippen LogP contribution in [0.25, 0.3) is 16.7 Å². The van der Waals surface area contributed by atoms with Gasteiger partial charge in [0.15, 0.2) is 10.8 Å². The second-order valence-electron chi connectivity index (χ2n) is 6.56. The van der Waals surface area contributed by atoms with E-state index in [4.69, 9.17) is 4.98 Å². The molecular formula is C19H17BrN6S. The van der Waals surface area contributed by atoms with E-state index < -0.39 is 0 Å². The molecule has 3 heterocycles. The van der Waals surface area contributed by atoms with Gasteiger partial charge in [-0.05, 0) is 65.5 Å². The van der Waals surface area contributed by atoms with Crippen LogP contribution < -0.4 is 0 Å². The largest absolute Gasteiger partial charge is 0.291 e. The first-order valence-corrected chi connectivity index (χ1v) is 10.5. The topological polar surface area (TPSA) is 61.4 Å². The van der Waals surface area contributed by atoms with Crippen molar-refractivity contribution in [2.24, 2.45) is 7.05 Å². The Morgan fingerprint density at radius 3 is 2.74 bits per heavy atom. The molecule has 0 amide bonds. The van der Waals surface area contributed by atoms with Crippen molar-refractivity contribution in [2.45, 2.75) is 35.9 Å². The number of rotatable bonds is 3. The molecule has 136 valence electrons. The van der Waals surface area contributed by atoms with Crippen molar-refractivity contribution in [3.63, 3.8) is 0 Å². The number of halogens is 1. The zero-order valence-corrected chi connectivity index (χ0v) is 17.2. The summed E-state index contributed by atoms with van der Waals surface area (Å²) in [5, 5.41) is 7.16. The van der Waals surface area contributed by atoms with Crippen molar-refractivity contribution < 1.29 is 0 Å². The molecule has 0 saturated carbocycles. The van der Waals surface area contributed by atoms with Crippen LogP contribution in [0.4, 0.5) is 0 Å². The van der Waals surface area contributed by atoms with E-state index in [9.17, 15) is 0 Å². The van der Waals surface area contributed by atoms with Crippen LogP contribution in [0.5, 0.6) is 0 Å².